The average molecular weight is 320 g/mol. The van der Waals surface area contributed by atoms with Gasteiger partial charge >= 0.3 is 0 Å². The maximum Gasteiger partial charge on any atom is 0.240 e. The largest absolute Gasteiger partial charge is 0.506 e. The summed E-state index contributed by atoms with van der Waals surface area (Å²) in [5.74, 6) is 3.04. The summed E-state index contributed by atoms with van der Waals surface area (Å²) in [6.07, 6.45) is 0. The number of nitrogens with two attached hydrogens (primary N) is 1. The van der Waals surface area contributed by atoms with Gasteiger partial charge in [0.2, 0.25) is 10.0 Å². The minimum atomic E-state index is -3.56. The summed E-state index contributed by atoms with van der Waals surface area (Å²) in [6, 6.07) is 3.90. The first-order valence-corrected chi connectivity index (χ1v) is 9.45. The number of sulfonamides is 1. The van der Waals surface area contributed by atoms with Gasteiger partial charge in [-0.2, -0.15) is 23.5 Å². The first-order chi connectivity index (χ1) is 8.99. The topological polar surface area (TPSA) is 92.4 Å². The second-order valence-corrected chi connectivity index (χ2v) is 8.47. The minimum Gasteiger partial charge on any atom is -0.506 e. The molecule has 0 amide bonds. The summed E-state index contributed by atoms with van der Waals surface area (Å²) in [7, 11) is -3.56. The van der Waals surface area contributed by atoms with Gasteiger partial charge in [0.15, 0.2) is 0 Å². The van der Waals surface area contributed by atoms with Crippen molar-refractivity contribution in [1.29, 1.82) is 0 Å². The SMILES string of the molecule is Nc1cc(S(=O)(=O)NCC2CSCCS2)ccc1O. The van der Waals surface area contributed by atoms with Gasteiger partial charge < -0.3 is 10.8 Å². The molecule has 1 fully saturated rings. The quantitative estimate of drug-likeness (QED) is 0.568. The van der Waals surface area contributed by atoms with Crippen LogP contribution in [0.1, 0.15) is 0 Å². The van der Waals surface area contributed by atoms with Gasteiger partial charge in [-0.05, 0) is 18.2 Å². The zero-order valence-corrected chi connectivity index (χ0v) is 12.7. The molecule has 1 atom stereocenters. The Morgan fingerprint density at radius 1 is 1.42 bits per heavy atom. The van der Waals surface area contributed by atoms with Crippen molar-refractivity contribution in [3.05, 3.63) is 18.2 Å². The highest BCUT2D eigenvalue weighted by atomic mass is 32.2. The number of thioether (sulfide) groups is 2. The van der Waals surface area contributed by atoms with Crippen LogP contribution in [0.15, 0.2) is 23.1 Å². The monoisotopic (exact) mass is 320 g/mol. The molecule has 19 heavy (non-hydrogen) atoms. The first-order valence-electron chi connectivity index (χ1n) is 5.76. The summed E-state index contributed by atoms with van der Waals surface area (Å²) in [5.41, 5.74) is 5.57. The summed E-state index contributed by atoms with van der Waals surface area (Å²) in [6.45, 7) is 0.417. The Bertz CT molecular complexity index is 542. The van der Waals surface area contributed by atoms with Crippen molar-refractivity contribution in [1.82, 2.24) is 4.72 Å². The van der Waals surface area contributed by atoms with Crippen LogP contribution in [-0.2, 0) is 10.0 Å². The number of phenols is 1. The van der Waals surface area contributed by atoms with E-state index in [0.717, 1.165) is 17.3 Å². The number of hydrogen-bond donors (Lipinski definition) is 3. The zero-order chi connectivity index (χ0) is 13.9. The van der Waals surface area contributed by atoms with Gasteiger partial charge in [0, 0.05) is 29.1 Å². The molecule has 8 heteroatoms. The molecule has 1 aliphatic heterocycles. The minimum absolute atomic E-state index is 0.0606. The van der Waals surface area contributed by atoms with Crippen LogP contribution >= 0.6 is 23.5 Å². The Morgan fingerprint density at radius 2 is 2.21 bits per heavy atom. The van der Waals surface area contributed by atoms with E-state index in [1.165, 1.54) is 18.2 Å². The number of aromatic hydroxyl groups is 1. The second-order valence-electron chi connectivity index (χ2n) is 4.14. The highest BCUT2D eigenvalue weighted by molar-refractivity contribution is 8.06. The molecule has 2 rings (SSSR count). The van der Waals surface area contributed by atoms with Gasteiger partial charge in [-0.15, -0.1) is 0 Å². The van der Waals surface area contributed by atoms with Crippen LogP contribution in [0.25, 0.3) is 0 Å². The van der Waals surface area contributed by atoms with E-state index in [0.29, 0.717) is 11.8 Å². The third-order valence-corrected chi connectivity index (χ3v) is 6.96. The molecule has 106 valence electrons. The van der Waals surface area contributed by atoms with E-state index in [-0.39, 0.29) is 16.3 Å². The number of phenolic OH excluding ortho intramolecular Hbond substituents is 1. The van der Waals surface area contributed by atoms with Crippen molar-refractivity contribution in [2.24, 2.45) is 0 Å². The van der Waals surface area contributed by atoms with Crippen molar-refractivity contribution in [2.45, 2.75) is 10.1 Å². The summed E-state index contributed by atoms with van der Waals surface area (Å²) < 4.78 is 26.7. The Balaban J connectivity index is 2.02. The molecule has 0 aromatic heterocycles. The van der Waals surface area contributed by atoms with Crippen LogP contribution in [0, 0.1) is 0 Å². The lowest BCUT2D eigenvalue weighted by molar-refractivity contribution is 0.477. The molecule has 5 nitrogen and oxygen atoms in total. The Kier molecular flexibility index (Phi) is 4.88. The van der Waals surface area contributed by atoms with Crippen molar-refractivity contribution >= 4 is 39.2 Å². The lowest BCUT2D eigenvalue weighted by atomic mass is 10.3. The lowest BCUT2D eigenvalue weighted by Crippen LogP contribution is -2.33. The van der Waals surface area contributed by atoms with Crippen molar-refractivity contribution in [2.75, 3.05) is 29.5 Å². The van der Waals surface area contributed by atoms with Crippen LogP contribution in [0.4, 0.5) is 5.69 Å². The molecule has 1 unspecified atom stereocenters. The highest BCUT2D eigenvalue weighted by Gasteiger charge is 2.20. The van der Waals surface area contributed by atoms with Gasteiger partial charge in [-0.3, -0.25) is 0 Å². The molecule has 1 aromatic carbocycles. The fourth-order valence-corrected chi connectivity index (χ4v) is 5.47. The van der Waals surface area contributed by atoms with Crippen LogP contribution in [0.2, 0.25) is 0 Å². The molecular weight excluding hydrogens is 304 g/mol. The van der Waals surface area contributed by atoms with E-state index in [9.17, 15) is 13.5 Å². The van der Waals surface area contributed by atoms with Gasteiger partial charge in [0.05, 0.1) is 10.6 Å². The molecule has 4 N–H and O–H groups in total. The molecule has 1 heterocycles. The maximum absolute atomic E-state index is 12.1. The molecule has 1 aromatic rings. The first kappa shape index (κ1) is 14.8. The molecule has 0 saturated carbocycles. The Hall–Kier alpha value is -0.570. The Labute approximate surface area is 121 Å². The molecule has 0 bridgehead atoms. The number of nitrogens with one attached hydrogen (secondary N) is 1. The lowest BCUT2D eigenvalue weighted by Gasteiger charge is -2.21. The third kappa shape index (κ3) is 3.95. The number of hydrogen-bond acceptors (Lipinski definition) is 6. The van der Waals surface area contributed by atoms with Crippen molar-refractivity contribution < 1.29 is 13.5 Å². The molecule has 0 aliphatic carbocycles. The molecule has 0 spiro atoms. The fourth-order valence-electron chi connectivity index (χ4n) is 1.64. The second kappa shape index (κ2) is 6.25. The zero-order valence-electron chi connectivity index (χ0n) is 10.2. The van der Waals surface area contributed by atoms with Gasteiger partial charge in [0.25, 0.3) is 0 Å². The predicted molar refractivity (Wildman–Crippen MR) is 81.3 cm³/mol. The third-order valence-electron chi connectivity index (χ3n) is 2.70. The van der Waals surface area contributed by atoms with E-state index < -0.39 is 10.0 Å². The van der Waals surface area contributed by atoms with Crippen LogP contribution < -0.4 is 10.5 Å². The van der Waals surface area contributed by atoms with E-state index >= 15 is 0 Å². The van der Waals surface area contributed by atoms with E-state index in [2.05, 4.69) is 4.72 Å². The van der Waals surface area contributed by atoms with Crippen LogP contribution in [0.5, 0.6) is 5.75 Å². The van der Waals surface area contributed by atoms with E-state index in [1.54, 1.807) is 11.8 Å². The van der Waals surface area contributed by atoms with Gasteiger partial charge in [-0.1, -0.05) is 0 Å². The number of nitrogen functional groups attached to an aromatic ring is 1. The molecule has 1 aliphatic rings. The highest BCUT2D eigenvalue weighted by Crippen LogP contribution is 2.25. The van der Waals surface area contributed by atoms with Crippen LogP contribution in [0.3, 0.4) is 0 Å². The van der Waals surface area contributed by atoms with Gasteiger partial charge in [-0.25, -0.2) is 13.1 Å². The van der Waals surface area contributed by atoms with E-state index in [1.807, 2.05) is 11.8 Å². The standard InChI is InChI=1S/C11H16N2O3S3/c12-10-5-9(1-2-11(10)14)19(15,16)13-6-8-7-17-3-4-18-8/h1-2,5,8,13-14H,3-4,6-7,12H2. The molecule has 1 saturated heterocycles. The summed E-state index contributed by atoms with van der Waals surface area (Å²) >= 11 is 3.64. The number of benzene rings is 1. The van der Waals surface area contributed by atoms with Crippen LogP contribution in [-0.4, -0.2) is 42.6 Å². The Morgan fingerprint density at radius 3 is 2.84 bits per heavy atom. The van der Waals surface area contributed by atoms with Gasteiger partial charge in [0.1, 0.15) is 5.75 Å². The normalized spacial score (nSPS) is 20.3. The molecule has 0 radical (unpaired) electrons. The smallest absolute Gasteiger partial charge is 0.240 e. The number of anilines is 1. The summed E-state index contributed by atoms with van der Waals surface area (Å²) in [5, 5.41) is 9.61. The van der Waals surface area contributed by atoms with Crippen molar-refractivity contribution in [3.8, 4) is 5.75 Å². The van der Waals surface area contributed by atoms with Crippen molar-refractivity contribution in [3.63, 3.8) is 0 Å². The fraction of sp³-hybridized carbons (Fsp3) is 0.455. The number of rotatable bonds is 4. The molecular formula is C11H16N2O3S3. The predicted octanol–water partition coefficient (Wildman–Crippen LogP) is 1.10. The average Bonchev–Trinajstić information content (AvgIpc) is 2.41. The summed E-state index contributed by atoms with van der Waals surface area (Å²) in [4.78, 5) is 0.0799. The maximum atomic E-state index is 12.1. The van der Waals surface area contributed by atoms with E-state index in [4.69, 9.17) is 5.73 Å².